The molecule has 0 radical (unpaired) electrons. The molecule has 0 unspecified atom stereocenters. The van der Waals surface area contributed by atoms with Gasteiger partial charge in [-0.05, 0) is 6.08 Å². The van der Waals surface area contributed by atoms with Gasteiger partial charge in [-0.25, -0.2) is 0 Å². The molecule has 0 aliphatic carbocycles. The van der Waals surface area contributed by atoms with Gasteiger partial charge in [-0.3, -0.25) is 0 Å². The molecule has 0 rings (SSSR count). The predicted molar refractivity (Wildman–Crippen MR) is 26.8 cm³/mol. The summed E-state index contributed by atoms with van der Waals surface area (Å²) < 4.78 is 2.12. The predicted octanol–water partition coefficient (Wildman–Crippen LogP) is -0.875. The van der Waals surface area contributed by atoms with Gasteiger partial charge in [-0.15, -0.1) is 0 Å². The monoisotopic (exact) mass is 126 g/mol. The van der Waals surface area contributed by atoms with Gasteiger partial charge < -0.3 is 9.90 Å². The maximum atomic E-state index is 9.14. The summed E-state index contributed by atoms with van der Waals surface area (Å²) in [5.74, 6) is -1.23. The second-order valence-electron chi connectivity index (χ2n) is 0.523. The average Bonchev–Trinajstić information content (AvgIpc) is 1.73. The van der Waals surface area contributed by atoms with Crippen LogP contribution in [0, 0.1) is 0 Å². The molecule has 0 aliphatic heterocycles. The number of carbonyl (C=O) groups excluding carboxylic acids is 1. The Hall–Kier alpha value is 0.470. The van der Waals surface area contributed by atoms with Crippen LogP contribution in [0.25, 0.3) is 0 Å². The normalized spacial score (nSPS) is 5.57. The standard InChI is InChI=1S/C3H4O2.CH3.Ca/c1-2-3(4)5;;/h2H,1H2,(H,4,5);1H3;/q;;+1/p-1. The first kappa shape index (κ1) is 10.5. The van der Waals surface area contributed by atoms with Crippen molar-refractivity contribution in [3.05, 3.63) is 12.7 Å². The molecule has 0 amide bonds. The Labute approximate surface area is 66.9 Å². The molecule has 7 heavy (non-hydrogen) atoms. The van der Waals surface area contributed by atoms with Crippen molar-refractivity contribution in [2.75, 3.05) is 0 Å². The summed E-state index contributed by atoms with van der Waals surface area (Å²) in [5, 5.41) is 9.14. The van der Waals surface area contributed by atoms with E-state index in [2.05, 4.69) is 9.60 Å². The molecule has 0 N–H and O–H groups in total. The van der Waals surface area contributed by atoms with Gasteiger partial charge in [-0.1, -0.05) is 6.58 Å². The van der Waals surface area contributed by atoms with E-state index in [1.807, 2.05) is 0 Å². The van der Waals surface area contributed by atoms with Crippen LogP contribution in [0.2, 0.25) is 3.02 Å². The Balaban J connectivity index is 0. The van der Waals surface area contributed by atoms with Crippen LogP contribution >= 0.6 is 0 Å². The van der Waals surface area contributed by atoms with Crippen LogP contribution in [-0.2, 0) is 4.79 Å². The molecule has 0 bridgehead atoms. The van der Waals surface area contributed by atoms with E-state index in [9.17, 15) is 0 Å². The van der Waals surface area contributed by atoms with E-state index in [0.717, 1.165) is 6.08 Å². The fraction of sp³-hybridized carbons (Fsp3) is 0.250. The maximum absolute atomic E-state index is 9.14. The van der Waals surface area contributed by atoms with Crippen molar-refractivity contribution in [2.24, 2.45) is 0 Å². The van der Waals surface area contributed by atoms with Gasteiger partial charge in [0.15, 0.2) is 0 Å². The molecular weight excluding hydrogens is 120 g/mol. The zero-order chi connectivity index (χ0) is 6.28. The van der Waals surface area contributed by atoms with Crippen molar-refractivity contribution >= 4 is 41.8 Å². The summed E-state index contributed by atoms with van der Waals surface area (Å²) in [4.78, 5) is 9.14. The minimum absolute atomic E-state index is 0.722. The Morgan fingerprint density at radius 2 is 2.00 bits per heavy atom. The van der Waals surface area contributed by atoms with Crippen molar-refractivity contribution in [3.63, 3.8) is 0 Å². The first-order valence-electron chi connectivity index (χ1n) is 1.81. The molecule has 3 heteroatoms. The SMILES string of the molecule is C=CC(=O)[O-].[CH3][Ca+]. The number of carboxylic acids is 1. The molecule has 0 heterocycles. The van der Waals surface area contributed by atoms with Gasteiger partial charge in [0, 0.05) is 0 Å². The summed E-state index contributed by atoms with van der Waals surface area (Å²) in [6.07, 6.45) is 0.722. The summed E-state index contributed by atoms with van der Waals surface area (Å²) >= 11 is 1.38. The zero-order valence-electron chi connectivity index (χ0n) is 4.31. The first-order chi connectivity index (χ1) is 3.27. The van der Waals surface area contributed by atoms with Gasteiger partial charge in [0.05, 0.1) is 5.97 Å². The summed E-state index contributed by atoms with van der Waals surface area (Å²) in [6, 6.07) is 0. The van der Waals surface area contributed by atoms with E-state index in [1.54, 1.807) is 0 Å². The van der Waals surface area contributed by atoms with E-state index in [0.29, 0.717) is 0 Å². The van der Waals surface area contributed by atoms with Gasteiger partial charge >= 0.3 is 38.8 Å². The second kappa shape index (κ2) is 9.69. The van der Waals surface area contributed by atoms with E-state index in [4.69, 9.17) is 9.90 Å². The van der Waals surface area contributed by atoms with E-state index < -0.39 is 5.97 Å². The molecule has 0 aromatic heterocycles. The van der Waals surface area contributed by atoms with Crippen molar-refractivity contribution in [1.29, 1.82) is 0 Å². The summed E-state index contributed by atoms with van der Waals surface area (Å²) in [6.45, 7) is 2.90. The van der Waals surface area contributed by atoms with Crippen LogP contribution in [0.5, 0.6) is 0 Å². The van der Waals surface area contributed by atoms with Gasteiger partial charge in [-0.2, -0.15) is 0 Å². The topological polar surface area (TPSA) is 40.1 Å². The Morgan fingerprint density at radius 1 is 1.86 bits per heavy atom. The van der Waals surface area contributed by atoms with E-state index in [1.165, 1.54) is 35.8 Å². The Kier molecular flexibility index (Phi) is 14.5. The van der Waals surface area contributed by atoms with E-state index >= 15 is 0 Å². The average molecular weight is 126 g/mol. The van der Waals surface area contributed by atoms with Gasteiger partial charge in [0.1, 0.15) is 0 Å². The van der Waals surface area contributed by atoms with Crippen LogP contribution in [-0.4, -0.2) is 41.8 Å². The third-order valence-corrected chi connectivity index (χ3v) is 0.167. The number of carboxylic acid groups (broad SMARTS) is 1. The fourth-order valence-electron chi connectivity index (χ4n) is 0. The number of hydrogen-bond donors (Lipinski definition) is 0. The first-order valence-corrected chi connectivity index (χ1v) is 4.02. The van der Waals surface area contributed by atoms with Crippen LogP contribution in [0.15, 0.2) is 12.7 Å². The summed E-state index contributed by atoms with van der Waals surface area (Å²) in [5.41, 5.74) is 0. The van der Waals surface area contributed by atoms with Crippen molar-refractivity contribution in [3.8, 4) is 0 Å². The number of aliphatic carboxylic acids is 1. The number of rotatable bonds is 1. The fourth-order valence-corrected chi connectivity index (χ4v) is 0. The van der Waals surface area contributed by atoms with Crippen LogP contribution in [0.1, 0.15) is 0 Å². The van der Waals surface area contributed by atoms with Gasteiger partial charge in [0.25, 0.3) is 0 Å². The van der Waals surface area contributed by atoms with Crippen LogP contribution in [0.3, 0.4) is 0 Å². The minimum atomic E-state index is -1.23. The quantitative estimate of drug-likeness (QED) is 0.338. The van der Waals surface area contributed by atoms with Crippen LogP contribution < -0.4 is 5.11 Å². The molecule has 36 valence electrons. The Morgan fingerprint density at radius 3 is 2.00 bits per heavy atom. The second-order valence-corrected chi connectivity index (χ2v) is 0.523. The molecule has 2 nitrogen and oxygen atoms in total. The number of carbonyl (C=O) groups is 1. The third-order valence-electron chi connectivity index (χ3n) is 0.167. The molecular formula is C4H6CaO2. The van der Waals surface area contributed by atoms with E-state index in [-0.39, 0.29) is 0 Å². The molecule has 0 aromatic rings. The molecule has 0 spiro atoms. The molecule has 0 aromatic carbocycles. The zero-order valence-corrected chi connectivity index (χ0v) is 6.52. The summed E-state index contributed by atoms with van der Waals surface area (Å²) in [7, 11) is 0. The van der Waals surface area contributed by atoms with Crippen molar-refractivity contribution in [2.45, 2.75) is 3.02 Å². The molecule has 0 atom stereocenters. The third kappa shape index (κ3) is 21.2. The molecule has 0 saturated carbocycles. The Bertz CT molecular complexity index is 60.7. The number of hydrogen-bond acceptors (Lipinski definition) is 2. The molecule has 0 saturated heterocycles. The van der Waals surface area contributed by atoms with Gasteiger partial charge in [0.2, 0.25) is 0 Å². The molecule has 0 fully saturated rings. The van der Waals surface area contributed by atoms with Crippen LogP contribution in [0.4, 0.5) is 0 Å². The van der Waals surface area contributed by atoms with Crippen molar-refractivity contribution < 1.29 is 9.90 Å². The van der Waals surface area contributed by atoms with Crippen molar-refractivity contribution in [1.82, 2.24) is 0 Å². The molecule has 0 aliphatic rings.